The second-order valence-electron chi connectivity index (χ2n) is 10.2. The number of rotatable bonds is 7. The first-order chi connectivity index (χ1) is 17.9. The number of nitrogens with one attached hydrogen (secondary N) is 1. The fourth-order valence-corrected chi connectivity index (χ4v) is 5.70. The molecule has 0 radical (unpaired) electrons. The van der Waals surface area contributed by atoms with Crippen LogP contribution in [0, 0.1) is 12.7 Å². The smallest absolute Gasteiger partial charge is 0.250 e. The highest BCUT2D eigenvalue weighted by Gasteiger charge is 2.41. The van der Waals surface area contributed by atoms with E-state index in [1.807, 2.05) is 31.2 Å². The zero-order chi connectivity index (χ0) is 26.4. The number of hydrogen-bond acceptors (Lipinski definition) is 3. The molecule has 0 bridgehead atoms. The van der Waals surface area contributed by atoms with Crippen molar-refractivity contribution in [2.75, 3.05) is 11.4 Å². The van der Waals surface area contributed by atoms with E-state index in [1.165, 1.54) is 17.0 Å². The highest BCUT2D eigenvalue weighted by molar-refractivity contribution is 6.05. The maximum Gasteiger partial charge on any atom is 0.250 e. The Morgan fingerprint density at radius 2 is 1.73 bits per heavy atom. The van der Waals surface area contributed by atoms with Gasteiger partial charge in [-0.15, -0.1) is 0 Å². The summed E-state index contributed by atoms with van der Waals surface area (Å²) < 4.78 is 14.5. The summed E-state index contributed by atoms with van der Waals surface area (Å²) in [6.45, 7) is 4.21. The van der Waals surface area contributed by atoms with Crippen LogP contribution in [-0.4, -0.2) is 41.2 Å². The van der Waals surface area contributed by atoms with E-state index in [2.05, 4.69) is 5.32 Å². The lowest BCUT2D eigenvalue weighted by molar-refractivity contribution is -0.141. The van der Waals surface area contributed by atoms with Gasteiger partial charge in [0.05, 0.1) is 0 Å². The van der Waals surface area contributed by atoms with Gasteiger partial charge in [-0.05, 0) is 68.4 Å². The molecule has 2 aliphatic rings. The Balaban J connectivity index is 1.81. The van der Waals surface area contributed by atoms with E-state index >= 15 is 0 Å². The van der Waals surface area contributed by atoms with Crippen LogP contribution in [0.25, 0.3) is 0 Å². The Labute approximate surface area is 219 Å². The molecule has 2 atom stereocenters. The number of carbonyl (C=O) groups is 3. The first kappa shape index (κ1) is 26.8. The second kappa shape index (κ2) is 12.3. The summed E-state index contributed by atoms with van der Waals surface area (Å²) >= 11 is 0. The molecule has 4 rings (SSSR count). The number of piperidine rings is 1. The van der Waals surface area contributed by atoms with Crippen molar-refractivity contribution < 1.29 is 18.8 Å². The van der Waals surface area contributed by atoms with Gasteiger partial charge in [-0.2, -0.15) is 0 Å². The summed E-state index contributed by atoms with van der Waals surface area (Å²) in [5, 5.41) is 3.21. The van der Waals surface area contributed by atoms with Crippen LogP contribution in [0.5, 0.6) is 0 Å². The number of aryl methyl sites for hydroxylation is 1. The average molecular weight is 508 g/mol. The minimum absolute atomic E-state index is 0.0464. The van der Waals surface area contributed by atoms with Crippen LogP contribution in [0.4, 0.5) is 10.1 Å². The van der Waals surface area contributed by atoms with E-state index in [4.69, 9.17) is 0 Å². The van der Waals surface area contributed by atoms with Gasteiger partial charge in [0.25, 0.3) is 5.91 Å². The molecule has 2 fully saturated rings. The maximum absolute atomic E-state index is 14.5. The molecule has 7 heteroatoms. The molecule has 0 aromatic heterocycles. The molecule has 0 unspecified atom stereocenters. The summed E-state index contributed by atoms with van der Waals surface area (Å²) in [6, 6.07) is 11.7. The number of hydrogen-bond donors (Lipinski definition) is 1. The first-order valence-electron chi connectivity index (χ1n) is 13.6. The minimum Gasteiger partial charge on any atom is -0.351 e. The Morgan fingerprint density at radius 3 is 2.43 bits per heavy atom. The van der Waals surface area contributed by atoms with Crippen LogP contribution in [0.2, 0.25) is 0 Å². The molecule has 2 aromatic carbocycles. The number of nitrogens with zero attached hydrogens (tertiary/aromatic N) is 2. The molecule has 198 valence electrons. The molecule has 2 aromatic rings. The van der Waals surface area contributed by atoms with Crippen LogP contribution >= 0.6 is 0 Å². The van der Waals surface area contributed by atoms with Gasteiger partial charge in [-0.3, -0.25) is 19.3 Å². The van der Waals surface area contributed by atoms with Crippen LogP contribution in [0.1, 0.15) is 81.9 Å². The zero-order valence-electron chi connectivity index (χ0n) is 21.9. The molecule has 37 heavy (non-hydrogen) atoms. The number of likely N-dealkylation sites (tertiary alicyclic amines) is 1. The van der Waals surface area contributed by atoms with Crippen molar-refractivity contribution in [3.8, 4) is 0 Å². The highest BCUT2D eigenvalue weighted by atomic mass is 19.1. The number of benzene rings is 2. The lowest BCUT2D eigenvalue weighted by Crippen LogP contribution is -2.56. The lowest BCUT2D eigenvalue weighted by atomic mass is 9.93. The summed E-state index contributed by atoms with van der Waals surface area (Å²) in [5.41, 5.74) is 1.87. The Bertz CT molecular complexity index is 1110. The molecule has 1 heterocycles. The number of amides is 3. The van der Waals surface area contributed by atoms with Crippen molar-refractivity contribution >= 4 is 23.4 Å². The van der Waals surface area contributed by atoms with Gasteiger partial charge in [0.15, 0.2) is 0 Å². The second-order valence-corrected chi connectivity index (χ2v) is 10.2. The van der Waals surface area contributed by atoms with Gasteiger partial charge in [-0.25, -0.2) is 4.39 Å². The predicted molar refractivity (Wildman–Crippen MR) is 142 cm³/mol. The standard InChI is InChI=1S/C30H38FN3O3/c1-3-27(35)33-19-10-9-18-26(33)30(37)34(24-16-11-13-22(31)20-24)28(25-17-8-7-12-21(25)2)29(36)32-23-14-5-4-6-15-23/h7-8,11-13,16-17,20,23,26,28H,3-6,9-10,14-15,18-19H2,1-2H3,(H,32,36)/t26-,28+/m1/s1. The van der Waals surface area contributed by atoms with Gasteiger partial charge < -0.3 is 10.2 Å². The van der Waals surface area contributed by atoms with Crippen LogP contribution in [0.3, 0.4) is 0 Å². The normalized spacial score (nSPS) is 19.2. The van der Waals surface area contributed by atoms with Gasteiger partial charge >= 0.3 is 0 Å². The fourth-order valence-electron chi connectivity index (χ4n) is 5.70. The largest absolute Gasteiger partial charge is 0.351 e. The molecule has 1 aliphatic carbocycles. The molecular weight excluding hydrogens is 469 g/mol. The number of anilines is 1. The van der Waals surface area contributed by atoms with Crippen LogP contribution in [-0.2, 0) is 14.4 Å². The first-order valence-corrected chi connectivity index (χ1v) is 13.6. The van der Waals surface area contributed by atoms with E-state index in [9.17, 15) is 18.8 Å². The molecular formula is C30H38FN3O3. The fraction of sp³-hybridized carbons (Fsp3) is 0.500. The van der Waals surface area contributed by atoms with Crippen molar-refractivity contribution in [3.05, 3.63) is 65.5 Å². The zero-order valence-corrected chi connectivity index (χ0v) is 21.9. The summed E-state index contributed by atoms with van der Waals surface area (Å²) in [6.07, 6.45) is 7.54. The highest BCUT2D eigenvalue weighted by Crippen LogP contribution is 2.34. The average Bonchev–Trinajstić information content (AvgIpc) is 2.92. The summed E-state index contributed by atoms with van der Waals surface area (Å²) in [5.74, 6) is -1.20. The van der Waals surface area contributed by atoms with Gasteiger partial charge in [0, 0.05) is 24.7 Å². The summed E-state index contributed by atoms with van der Waals surface area (Å²) in [7, 11) is 0. The van der Waals surface area contributed by atoms with Crippen molar-refractivity contribution in [2.45, 2.75) is 89.8 Å². The van der Waals surface area contributed by atoms with E-state index in [0.29, 0.717) is 30.6 Å². The molecule has 1 saturated heterocycles. The van der Waals surface area contributed by atoms with E-state index < -0.39 is 17.9 Å². The van der Waals surface area contributed by atoms with Gasteiger partial charge in [-0.1, -0.05) is 56.5 Å². The Kier molecular flexibility index (Phi) is 8.95. The third-order valence-corrected chi connectivity index (χ3v) is 7.68. The number of carbonyl (C=O) groups excluding carboxylic acids is 3. The Hall–Kier alpha value is -3.22. The lowest BCUT2D eigenvalue weighted by Gasteiger charge is -2.40. The summed E-state index contributed by atoms with van der Waals surface area (Å²) in [4.78, 5) is 44.3. The van der Waals surface area contributed by atoms with E-state index in [-0.39, 0.29) is 23.8 Å². The van der Waals surface area contributed by atoms with Crippen LogP contribution < -0.4 is 10.2 Å². The van der Waals surface area contributed by atoms with Crippen molar-refractivity contribution in [1.29, 1.82) is 0 Å². The van der Waals surface area contributed by atoms with Gasteiger partial charge in [0.2, 0.25) is 11.8 Å². The third-order valence-electron chi connectivity index (χ3n) is 7.68. The van der Waals surface area contributed by atoms with Crippen molar-refractivity contribution in [2.24, 2.45) is 0 Å². The van der Waals surface area contributed by atoms with Gasteiger partial charge in [0.1, 0.15) is 17.9 Å². The molecule has 1 aliphatic heterocycles. The quantitative estimate of drug-likeness (QED) is 0.542. The van der Waals surface area contributed by atoms with Crippen molar-refractivity contribution in [1.82, 2.24) is 10.2 Å². The molecule has 6 nitrogen and oxygen atoms in total. The van der Waals surface area contributed by atoms with E-state index in [0.717, 1.165) is 50.5 Å². The molecule has 3 amide bonds. The maximum atomic E-state index is 14.5. The Morgan fingerprint density at radius 1 is 1.00 bits per heavy atom. The van der Waals surface area contributed by atoms with Crippen LogP contribution in [0.15, 0.2) is 48.5 Å². The monoisotopic (exact) mass is 507 g/mol. The molecule has 1 saturated carbocycles. The topological polar surface area (TPSA) is 69.7 Å². The molecule has 1 N–H and O–H groups in total. The SMILES string of the molecule is CCC(=O)N1CCCC[C@@H]1C(=O)N(c1cccc(F)c1)[C@H](C(=O)NC1CCCCC1)c1ccccc1C. The van der Waals surface area contributed by atoms with E-state index in [1.54, 1.807) is 24.0 Å². The predicted octanol–water partition coefficient (Wildman–Crippen LogP) is 5.45. The number of halogens is 1. The minimum atomic E-state index is -0.988. The third kappa shape index (κ3) is 6.20. The van der Waals surface area contributed by atoms with Crippen molar-refractivity contribution in [3.63, 3.8) is 0 Å². The molecule has 0 spiro atoms.